The molecule has 0 saturated heterocycles. The minimum absolute atomic E-state index is 0.266. The lowest BCUT2D eigenvalue weighted by Crippen LogP contribution is -2.27. The summed E-state index contributed by atoms with van der Waals surface area (Å²) in [6.45, 7) is 3.94. The fraction of sp³-hybridized carbons (Fsp3) is 0.292. The van der Waals surface area contributed by atoms with Crippen molar-refractivity contribution >= 4 is 5.91 Å². The van der Waals surface area contributed by atoms with Gasteiger partial charge in [0.1, 0.15) is 17.8 Å². The largest absolute Gasteiger partial charge is 0.493 e. The topological polar surface area (TPSA) is 117 Å². The highest BCUT2D eigenvalue weighted by Crippen LogP contribution is 2.30. The molecule has 1 N–H and O–H groups in total. The van der Waals surface area contributed by atoms with Crippen LogP contribution in [-0.2, 0) is 6.42 Å². The number of ether oxygens (including phenoxy) is 2. The van der Waals surface area contributed by atoms with E-state index in [0.717, 1.165) is 24.0 Å². The average molecular weight is 463 g/mol. The maximum Gasteiger partial charge on any atom is 0.271 e. The van der Waals surface area contributed by atoms with E-state index in [-0.39, 0.29) is 17.6 Å². The summed E-state index contributed by atoms with van der Waals surface area (Å²) in [7, 11) is 3.15. The molecule has 3 aromatic heterocycles. The molecular weight excluding hydrogens is 436 g/mol. The molecule has 4 rings (SSSR count). The second-order valence-corrected chi connectivity index (χ2v) is 7.64. The lowest BCUT2D eigenvalue weighted by atomic mass is 10.1. The summed E-state index contributed by atoms with van der Waals surface area (Å²) < 4.78 is 17.6. The van der Waals surface area contributed by atoms with E-state index in [1.54, 1.807) is 55.7 Å². The summed E-state index contributed by atoms with van der Waals surface area (Å²) in [5.74, 6) is 2.58. The van der Waals surface area contributed by atoms with Gasteiger partial charge in [0.25, 0.3) is 11.8 Å². The third-order valence-electron chi connectivity index (χ3n) is 5.27. The third kappa shape index (κ3) is 4.90. The molecule has 4 aromatic rings. The zero-order chi connectivity index (χ0) is 24.1. The van der Waals surface area contributed by atoms with Crippen LogP contribution in [0.15, 0.2) is 53.6 Å². The van der Waals surface area contributed by atoms with Crippen molar-refractivity contribution < 1.29 is 18.8 Å². The van der Waals surface area contributed by atoms with Crippen LogP contribution < -0.4 is 14.8 Å². The van der Waals surface area contributed by atoms with Gasteiger partial charge in [-0.15, -0.1) is 0 Å². The first-order valence-corrected chi connectivity index (χ1v) is 10.9. The monoisotopic (exact) mass is 462 g/mol. The highest BCUT2D eigenvalue weighted by Gasteiger charge is 2.17. The number of nitrogens with zero attached hydrogens (tertiary/aromatic N) is 5. The van der Waals surface area contributed by atoms with Gasteiger partial charge in [0.05, 0.1) is 20.3 Å². The first-order valence-electron chi connectivity index (χ1n) is 10.9. The fourth-order valence-electron chi connectivity index (χ4n) is 3.43. The number of benzene rings is 1. The number of amides is 1. The Kier molecular flexibility index (Phi) is 6.86. The van der Waals surface area contributed by atoms with Gasteiger partial charge in [0.2, 0.25) is 0 Å². The molecule has 3 heterocycles. The van der Waals surface area contributed by atoms with Crippen LogP contribution in [0.25, 0.3) is 17.3 Å². The number of carbonyl (C=O) groups excluding carboxylic acids is 1. The highest BCUT2D eigenvalue weighted by molar-refractivity contribution is 5.92. The second-order valence-electron chi connectivity index (χ2n) is 7.64. The molecule has 0 aliphatic rings. The Morgan fingerprint density at radius 1 is 1.15 bits per heavy atom. The number of aryl methyl sites for hydroxylation is 1. The number of rotatable bonds is 9. The van der Waals surface area contributed by atoms with E-state index in [1.165, 1.54) is 0 Å². The van der Waals surface area contributed by atoms with Gasteiger partial charge in [-0.1, -0.05) is 18.1 Å². The summed E-state index contributed by atoms with van der Waals surface area (Å²) in [5.41, 5.74) is 1.88. The zero-order valence-electron chi connectivity index (χ0n) is 19.5. The number of carbonyl (C=O) groups is 1. The molecule has 1 aromatic carbocycles. The summed E-state index contributed by atoms with van der Waals surface area (Å²) >= 11 is 0. The molecule has 1 unspecified atom stereocenters. The van der Waals surface area contributed by atoms with Crippen LogP contribution >= 0.6 is 0 Å². The Bertz CT molecular complexity index is 1280. The molecule has 0 fully saturated rings. The Labute approximate surface area is 197 Å². The standard InChI is InChI=1S/C24H26N6O4/c1-5-6-21-28-24(34-29-21)17-9-10-25-22(12-17)30-13-18(26-14-30)23(31)27-15(2)16-7-8-19(32-3)20(11-16)33-4/h7-15H,5-6H2,1-4H3,(H,27,31). The van der Waals surface area contributed by atoms with E-state index >= 15 is 0 Å². The van der Waals surface area contributed by atoms with Gasteiger partial charge in [-0.3, -0.25) is 9.36 Å². The maximum absolute atomic E-state index is 12.8. The van der Waals surface area contributed by atoms with Gasteiger partial charge in [0.15, 0.2) is 17.3 Å². The van der Waals surface area contributed by atoms with Crippen LogP contribution in [-0.4, -0.2) is 44.8 Å². The molecule has 10 nitrogen and oxygen atoms in total. The summed E-state index contributed by atoms with van der Waals surface area (Å²) in [5, 5.41) is 6.94. The second kappa shape index (κ2) is 10.2. The molecule has 0 bridgehead atoms. The quantitative estimate of drug-likeness (QED) is 0.399. The van der Waals surface area contributed by atoms with E-state index in [9.17, 15) is 4.79 Å². The van der Waals surface area contributed by atoms with Crippen LogP contribution in [0.2, 0.25) is 0 Å². The SMILES string of the molecule is CCCc1noc(-c2ccnc(-n3cnc(C(=O)NC(C)c4ccc(OC)c(OC)c4)c3)c2)n1. The van der Waals surface area contributed by atoms with Gasteiger partial charge < -0.3 is 19.3 Å². The van der Waals surface area contributed by atoms with E-state index in [4.69, 9.17) is 14.0 Å². The van der Waals surface area contributed by atoms with Crippen LogP contribution in [0.5, 0.6) is 11.5 Å². The fourth-order valence-corrected chi connectivity index (χ4v) is 3.43. The molecule has 176 valence electrons. The van der Waals surface area contributed by atoms with Crippen molar-refractivity contribution in [2.45, 2.75) is 32.7 Å². The zero-order valence-corrected chi connectivity index (χ0v) is 19.5. The normalized spacial score (nSPS) is 11.8. The van der Waals surface area contributed by atoms with E-state index < -0.39 is 0 Å². The van der Waals surface area contributed by atoms with Crippen molar-refractivity contribution in [3.63, 3.8) is 0 Å². The van der Waals surface area contributed by atoms with Crippen LogP contribution in [0.4, 0.5) is 0 Å². The summed E-state index contributed by atoms with van der Waals surface area (Å²) in [4.78, 5) is 25.8. The first kappa shape index (κ1) is 23.0. The number of nitrogens with one attached hydrogen (secondary N) is 1. The van der Waals surface area contributed by atoms with Crippen molar-refractivity contribution in [3.05, 3.63) is 66.1 Å². The van der Waals surface area contributed by atoms with E-state index in [2.05, 4.69) is 32.3 Å². The highest BCUT2D eigenvalue weighted by atomic mass is 16.5. The molecule has 34 heavy (non-hydrogen) atoms. The van der Waals surface area contributed by atoms with E-state index in [1.807, 2.05) is 19.1 Å². The minimum Gasteiger partial charge on any atom is -0.493 e. The van der Waals surface area contributed by atoms with Gasteiger partial charge in [-0.25, -0.2) is 9.97 Å². The first-order chi connectivity index (χ1) is 16.5. The molecule has 10 heteroatoms. The molecular formula is C24H26N6O4. The number of pyridine rings is 1. The maximum atomic E-state index is 12.8. The number of methoxy groups -OCH3 is 2. The molecule has 0 aliphatic carbocycles. The average Bonchev–Trinajstić information content (AvgIpc) is 3.54. The predicted octanol–water partition coefficient (Wildman–Crippen LogP) is 3.78. The van der Waals surface area contributed by atoms with Gasteiger partial charge in [0, 0.05) is 24.4 Å². The van der Waals surface area contributed by atoms with Crippen LogP contribution in [0.3, 0.4) is 0 Å². The Morgan fingerprint density at radius 3 is 2.74 bits per heavy atom. The smallest absolute Gasteiger partial charge is 0.271 e. The van der Waals surface area contributed by atoms with E-state index in [0.29, 0.717) is 29.0 Å². The van der Waals surface area contributed by atoms with Crippen molar-refractivity contribution in [3.8, 4) is 28.8 Å². The van der Waals surface area contributed by atoms with Crippen molar-refractivity contribution in [2.24, 2.45) is 0 Å². The van der Waals surface area contributed by atoms with Crippen molar-refractivity contribution in [2.75, 3.05) is 14.2 Å². The molecule has 0 aliphatic heterocycles. The Morgan fingerprint density at radius 2 is 1.97 bits per heavy atom. The van der Waals surface area contributed by atoms with Crippen molar-refractivity contribution in [1.29, 1.82) is 0 Å². The van der Waals surface area contributed by atoms with Crippen molar-refractivity contribution in [1.82, 2.24) is 30.0 Å². The molecule has 0 saturated carbocycles. The lowest BCUT2D eigenvalue weighted by molar-refractivity contribution is 0.0935. The number of imidazole rings is 1. The molecule has 1 atom stereocenters. The Balaban J connectivity index is 1.48. The number of aromatic nitrogens is 5. The minimum atomic E-state index is -0.307. The van der Waals surface area contributed by atoms with Gasteiger partial charge in [-0.05, 0) is 43.2 Å². The Hall–Kier alpha value is -4.21. The van der Waals surface area contributed by atoms with Gasteiger partial charge >= 0.3 is 0 Å². The predicted molar refractivity (Wildman–Crippen MR) is 124 cm³/mol. The lowest BCUT2D eigenvalue weighted by Gasteiger charge is -2.16. The molecule has 0 radical (unpaired) electrons. The summed E-state index contributed by atoms with van der Waals surface area (Å²) in [6, 6.07) is 8.85. The number of hydrogen-bond donors (Lipinski definition) is 1. The summed E-state index contributed by atoms with van der Waals surface area (Å²) in [6.07, 6.45) is 6.50. The van der Waals surface area contributed by atoms with Gasteiger partial charge in [-0.2, -0.15) is 4.98 Å². The number of hydrogen-bond acceptors (Lipinski definition) is 8. The molecule has 1 amide bonds. The van der Waals surface area contributed by atoms with Crippen LogP contribution in [0, 0.1) is 0 Å². The third-order valence-corrected chi connectivity index (χ3v) is 5.27. The molecule has 0 spiro atoms. The van der Waals surface area contributed by atoms with Crippen LogP contribution in [0.1, 0.15) is 48.2 Å².